The van der Waals surface area contributed by atoms with Crippen LogP contribution >= 0.6 is 11.3 Å². The van der Waals surface area contributed by atoms with Gasteiger partial charge >= 0.3 is 0 Å². The molecule has 1 aromatic rings. The van der Waals surface area contributed by atoms with Crippen molar-refractivity contribution >= 4 is 22.4 Å². The van der Waals surface area contributed by atoms with Crippen LogP contribution in [-0.2, 0) is 9.53 Å². The first-order valence-corrected chi connectivity index (χ1v) is 6.38. The van der Waals surface area contributed by atoms with Crippen LogP contribution in [0.1, 0.15) is 17.0 Å². The van der Waals surface area contributed by atoms with Crippen molar-refractivity contribution in [1.29, 1.82) is 0 Å². The number of ether oxygens (including phenoxy) is 1. The molecule has 0 radical (unpaired) electrons. The predicted molar refractivity (Wildman–Crippen MR) is 69.6 cm³/mol. The van der Waals surface area contributed by atoms with E-state index in [4.69, 9.17) is 4.74 Å². The number of aromatic nitrogens is 1. The fourth-order valence-electron chi connectivity index (χ4n) is 1.21. The van der Waals surface area contributed by atoms with Gasteiger partial charge in [0, 0.05) is 31.5 Å². The lowest BCUT2D eigenvalue weighted by Gasteiger charge is -2.04. The Bertz CT molecular complexity index is 346. The number of carbonyl (C=O) groups excluding carboxylic acids is 1. The maximum atomic E-state index is 11.4. The molecular weight excluding hydrogens is 238 g/mol. The topological polar surface area (TPSA) is 63.2 Å². The van der Waals surface area contributed by atoms with Crippen LogP contribution in [-0.4, -0.2) is 37.7 Å². The first-order valence-electron chi connectivity index (χ1n) is 5.57. The summed E-state index contributed by atoms with van der Waals surface area (Å²) < 4.78 is 4.84. The zero-order valence-electron chi connectivity index (χ0n) is 10.5. The van der Waals surface area contributed by atoms with Crippen LogP contribution in [0.15, 0.2) is 0 Å². The smallest absolute Gasteiger partial charge is 0.221 e. The second kappa shape index (κ2) is 7.24. The molecule has 0 aromatic carbocycles. The van der Waals surface area contributed by atoms with Crippen LogP contribution in [0.25, 0.3) is 0 Å². The summed E-state index contributed by atoms with van der Waals surface area (Å²) in [6, 6.07) is 0. The lowest BCUT2D eigenvalue weighted by molar-refractivity contribution is -0.121. The molecule has 0 unspecified atom stereocenters. The monoisotopic (exact) mass is 257 g/mol. The Balaban J connectivity index is 2.17. The molecule has 5 nitrogen and oxygen atoms in total. The van der Waals surface area contributed by atoms with Gasteiger partial charge in [0.05, 0.1) is 12.3 Å². The molecule has 0 saturated carbocycles. The van der Waals surface area contributed by atoms with Crippen LogP contribution < -0.4 is 10.6 Å². The van der Waals surface area contributed by atoms with Gasteiger partial charge in [0.15, 0.2) is 5.13 Å². The van der Waals surface area contributed by atoms with Gasteiger partial charge < -0.3 is 15.4 Å². The zero-order valence-corrected chi connectivity index (χ0v) is 11.3. The summed E-state index contributed by atoms with van der Waals surface area (Å²) in [6.07, 6.45) is 0.446. The summed E-state index contributed by atoms with van der Waals surface area (Å²) in [4.78, 5) is 16.9. The molecule has 17 heavy (non-hydrogen) atoms. The fraction of sp³-hybridized carbons (Fsp3) is 0.636. The third kappa shape index (κ3) is 5.14. The van der Waals surface area contributed by atoms with Crippen molar-refractivity contribution < 1.29 is 9.53 Å². The first-order chi connectivity index (χ1) is 8.13. The molecule has 0 atom stereocenters. The minimum Gasteiger partial charge on any atom is -0.383 e. The predicted octanol–water partition coefficient (Wildman–Crippen LogP) is 1.32. The molecule has 0 saturated heterocycles. The van der Waals surface area contributed by atoms with E-state index in [9.17, 15) is 4.79 Å². The van der Waals surface area contributed by atoms with Gasteiger partial charge in [-0.25, -0.2) is 4.98 Å². The van der Waals surface area contributed by atoms with Crippen LogP contribution in [0.3, 0.4) is 0 Å². The van der Waals surface area contributed by atoms with Crippen LogP contribution in [0.2, 0.25) is 0 Å². The van der Waals surface area contributed by atoms with Crippen LogP contribution in [0.5, 0.6) is 0 Å². The molecule has 96 valence electrons. The van der Waals surface area contributed by atoms with Gasteiger partial charge in [0.2, 0.25) is 5.91 Å². The van der Waals surface area contributed by atoms with Crippen molar-refractivity contribution in [2.75, 3.05) is 32.1 Å². The lowest BCUT2D eigenvalue weighted by Crippen LogP contribution is -2.28. The molecule has 6 heteroatoms. The molecule has 1 aromatic heterocycles. The van der Waals surface area contributed by atoms with Crippen LogP contribution in [0, 0.1) is 13.8 Å². The van der Waals surface area contributed by atoms with Crippen molar-refractivity contribution in [1.82, 2.24) is 10.3 Å². The van der Waals surface area contributed by atoms with Gasteiger partial charge in [-0.05, 0) is 13.8 Å². The Morgan fingerprint density at radius 1 is 1.41 bits per heavy atom. The molecule has 1 heterocycles. The van der Waals surface area contributed by atoms with E-state index in [0.29, 0.717) is 26.1 Å². The van der Waals surface area contributed by atoms with E-state index in [1.165, 1.54) is 4.88 Å². The minimum atomic E-state index is 0.0274. The van der Waals surface area contributed by atoms with E-state index in [1.807, 2.05) is 13.8 Å². The van der Waals surface area contributed by atoms with Crippen LogP contribution in [0.4, 0.5) is 5.13 Å². The molecule has 0 fully saturated rings. The van der Waals surface area contributed by atoms with Gasteiger partial charge in [-0.1, -0.05) is 0 Å². The standard InChI is InChI=1S/C11H19N3O2S/c1-8-9(2)17-11(14-8)13-5-4-10(15)12-6-7-16-3/h4-7H2,1-3H3,(H,12,15)(H,13,14). The number of methoxy groups -OCH3 is 1. The number of aryl methyl sites for hydroxylation is 2. The molecule has 0 aliphatic heterocycles. The van der Waals surface area contributed by atoms with Crippen molar-refractivity contribution in [3.8, 4) is 0 Å². The van der Waals surface area contributed by atoms with Gasteiger partial charge in [-0.3, -0.25) is 4.79 Å². The number of amides is 1. The maximum Gasteiger partial charge on any atom is 0.221 e. The fourth-order valence-corrected chi connectivity index (χ4v) is 2.05. The van der Waals surface area contributed by atoms with Crippen molar-refractivity contribution in [2.45, 2.75) is 20.3 Å². The lowest BCUT2D eigenvalue weighted by atomic mass is 10.4. The molecular formula is C11H19N3O2S. The SMILES string of the molecule is COCCNC(=O)CCNc1nc(C)c(C)s1. The second-order valence-corrected chi connectivity index (χ2v) is 4.88. The summed E-state index contributed by atoms with van der Waals surface area (Å²) in [5, 5.41) is 6.79. The first kappa shape index (κ1) is 13.9. The van der Waals surface area contributed by atoms with E-state index in [0.717, 1.165) is 10.8 Å². The minimum absolute atomic E-state index is 0.0274. The highest BCUT2D eigenvalue weighted by molar-refractivity contribution is 7.15. The maximum absolute atomic E-state index is 11.4. The average Bonchev–Trinajstić information content (AvgIpc) is 2.59. The van der Waals surface area contributed by atoms with Crippen molar-refractivity contribution in [3.05, 3.63) is 10.6 Å². The highest BCUT2D eigenvalue weighted by Gasteiger charge is 2.04. The van der Waals surface area contributed by atoms with E-state index in [1.54, 1.807) is 18.4 Å². The molecule has 1 amide bonds. The van der Waals surface area contributed by atoms with Crippen molar-refractivity contribution in [3.63, 3.8) is 0 Å². The Hall–Kier alpha value is -1.14. The summed E-state index contributed by atoms with van der Waals surface area (Å²) in [7, 11) is 1.61. The Morgan fingerprint density at radius 2 is 2.18 bits per heavy atom. The number of carbonyl (C=O) groups is 1. The largest absolute Gasteiger partial charge is 0.383 e. The highest BCUT2D eigenvalue weighted by Crippen LogP contribution is 2.20. The summed E-state index contributed by atoms with van der Waals surface area (Å²) in [5.74, 6) is 0.0274. The Morgan fingerprint density at radius 3 is 2.76 bits per heavy atom. The number of rotatable bonds is 7. The van der Waals surface area contributed by atoms with Gasteiger partial charge in [-0.2, -0.15) is 0 Å². The zero-order chi connectivity index (χ0) is 12.7. The number of thiazole rings is 1. The molecule has 2 N–H and O–H groups in total. The quantitative estimate of drug-likeness (QED) is 0.723. The third-order valence-corrected chi connectivity index (χ3v) is 3.32. The molecule has 0 aliphatic carbocycles. The normalized spacial score (nSPS) is 10.3. The van der Waals surface area contributed by atoms with E-state index >= 15 is 0 Å². The molecule has 0 aliphatic rings. The summed E-state index contributed by atoms with van der Waals surface area (Å²) >= 11 is 1.61. The van der Waals surface area contributed by atoms with E-state index in [-0.39, 0.29) is 5.91 Å². The third-order valence-electron chi connectivity index (χ3n) is 2.29. The van der Waals surface area contributed by atoms with Gasteiger partial charge in [-0.15, -0.1) is 11.3 Å². The molecule has 1 rings (SSSR count). The second-order valence-electron chi connectivity index (χ2n) is 3.68. The summed E-state index contributed by atoms with van der Waals surface area (Å²) in [6.45, 7) is 5.73. The summed E-state index contributed by atoms with van der Waals surface area (Å²) in [5.41, 5.74) is 1.04. The average molecular weight is 257 g/mol. The Kier molecular flexibility index (Phi) is 5.93. The number of anilines is 1. The van der Waals surface area contributed by atoms with E-state index < -0.39 is 0 Å². The number of hydrogen-bond donors (Lipinski definition) is 2. The Labute approximate surface area is 106 Å². The highest BCUT2D eigenvalue weighted by atomic mass is 32.1. The number of hydrogen-bond acceptors (Lipinski definition) is 5. The number of nitrogens with one attached hydrogen (secondary N) is 2. The molecule has 0 bridgehead atoms. The number of nitrogens with zero attached hydrogens (tertiary/aromatic N) is 1. The molecule has 0 spiro atoms. The van der Waals surface area contributed by atoms with E-state index in [2.05, 4.69) is 15.6 Å². The van der Waals surface area contributed by atoms with Gasteiger partial charge in [0.25, 0.3) is 0 Å². The van der Waals surface area contributed by atoms with Gasteiger partial charge in [0.1, 0.15) is 0 Å². The van der Waals surface area contributed by atoms with Crippen molar-refractivity contribution in [2.24, 2.45) is 0 Å².